The number of rotatable bonds is 6. The Hall–Kier alpha value is -1.34. The minimum absolute atomic E-state index is 0. The van der Waals surface area contributed by atoms with Gasteiger partial charge in [-0.25, -0.2) is 0 Å². The van der Waals surface area contributed by atoms with Gasteiger partial charge in [-0.15, -0.1) is 12.4 Å². The smallest absolute Gasteiger partial charge is 0.174 e. The molecule has 3 fully saturated rings. The van der Waals surface area contributed by atoms with Crippen molar-refractivity contribution >= 4 is 18.2 Å². The lowest BCUT2D eigenvalue weighted by Gasteiger charge is -2.68. The van der Waals surface area contributed by atoms with E-state index in [4.69, 9.17) is 9.47 Å². The highest BCUT2D eigenvalue weighted by molar-refractivity contribution is 5.90. The standard InChI is InChI=1S/C24H31NO5.ClH/c1-2-3-12-29-24-9-8-18(27)22-23(24)10-11-25(28,14-15-4-5-15)19(24)13-16-6-7-17(26)21(30-22)20(16)23;/h6-7,15,19,22,26H,2-5,8-14H2,1H3;1H/t19-,22?,23+,24-,25?;/m1./s1. The van der Waals surface area contributed by atoms with Crippen LogP contribution in [0.25, 0.3) is 0 Å². The maximum Gasteiger partial charge on any atom is 0.174 e. The van der Waals surface area contributed by atoms with Crippen molar-refractivity contribution in [1.82, 2.24) is 0 Å². The lowest BCUT2D eigenvalue weighted by Crippen LogP contribution is -2.81. The molecule has 0 aromatic heterocycles. The van der Waals surface area contributed by atoms with Crippen LogP contribution >= 0.6 is 12.4 Å². The van der Waals surface area contributed by atoms with Crippen molar-refractivity contribution in [3.05, 3.63) is 28.5 Å². The molecule has 1 saturated heterocycles. The van der Waals surface area contributed by atoms with Crippen LogP contribution in [0.15, 0.2) is 12.1 Å². The van der Waals surface area contributed by atoms with Gasteiger partial charge in [-0.1, -0.05) is 19.4 Å². The van der Waals surface area contributed by atoms with E-state index in [2.05, 4.69) is 6.92 Å². The molecule has 5 atom stereocenters. The second kappa shape index (κ2) is 7.08. The van der Waals surface area contributed by atoms with Crippen molar-refractivity contribution in [2.24, 2.45) is 5.92 Å². The summed E-state index contributed by atoms with van der Waals surface area (Å²) in [7, 11) is 0. The molecular weight excluding hydrogens is 418 g/mol. The van der Waals surface area contributed by atoms with E-state index in [0.29, 0.717) is 57.0 Å². The predicted octanol–water partition coefficient (Wildman–Crippen LogP) is 3.78. The summed E-state index contributed by atoms with van der Waals surface area (Å²) < 4.78 is 12.8. The van der Waals surface area contributed by atoms with Crippen LogP contribution in [-0.4, -0.2) is 53.0 Å². The molecule has 7 heteroatoms. The van der Waals surface area contributed by atoms with E-state index >= 15 is 0 Å². The molecular formula is C24H32ClNO5. The minimum atomic E-state index is -0.693. The van der Waals surface area contributed by atoms with E-state index in [1.54, 1.807) is 6.07 Å². The molecule has 2 saturated carbocycles. The fourth-order valence-electron chi connectivity index (χ4n) is 7.20. The Morgan fingerprint density at radius 2 is 2.13 bits per heavy atom. The third-order valence-electron chi connectivity index (χ3n) is 8.67. The number of nitrogens with zero attached hydrogens (tertiary/aromatic N) is 1. The maximum absolute atomic E-state index is 14.4. The Bertz CT molecular complexity index is 919. The summed E-state index contributed by atoms with van der Waals surface area (Å²) >= 11 is 0. The predicted molar refractivity (Wildman–Crippen MR) is 117 cm³/mol. The number of hydrogen-bond acceptors (Lipinski definition) is 5. The first-order valence-corrected chi connectivity index (χ1v) is 11.7. The number of ether oxygens (including phenoxy) is 2. The maximum atomic E-state index is 14.4. The van der Waals surface area contributed by atoms with Gasteiger partial charge in [-0.3, -0.25) is 4.79 Å². The van der Waals surface area contributed by atoms with Gasteiger partial charge in [0.05, 0.1) is 18.5 Å². The molecule has 2 unspecified atom stereocenters. The minimum Gasteiger partial charge on any atom is -0.632 e. The van der Waals surface area contributed by atoms with Crippen LogP contribution in [0, 0.1) is 11.1 Å². The van der Waals surface area contributed by atoms with Gasteiger partial charge in [0.15, 0.2) is 23.4 Å². The number of phenolic OH excluding ortho intramolecular Hbond substituents is 1. The summed E-state index contributed by atoms with van der Waals surface area (Å²) in [6.45, 7) is 3.91. The number of aromatic hydroxyl groups is 1. The van der Waals surface area contributed by atoms with Crippen molar-refractivity contribution in [2.45, 2.75) is 81.5 Å². The molecule has 1 aromatic carbocycles. The summed E-state index contributed by atoms with van der Waals surface area (Å²) in [6.07, 6.45) is 5.81. The highest BCUT2D eigenvalue weighted by Crippen LogP contribution is 2.67. The molecule has 2 bridgehead atoms. The fraction of sp³-hybridized carbons (Fsp3) is 0.708. The zero-order chi connectivity index (χ0) is 20.7. The first-order valence-electron chi connectivity index (χ1n) is 11.7. The molecule has 1 aromatic rings. The molecule has 0 amide bonds. The number of hydroxylamine groups is 3. The first-order chi connectivity index (χ1) is 14.5. The first kappa shape index (κ1) is 21.5. The van der Waals surface area contributed by atoms with E-state index in [1.165, 1.54) is 0 Å². The average molecular weight is 450 g/mol. The number of unbranched alkanes of at least 4 members (excludes halogenated alkanes) is 1. The van der Waals surface area contributed by atoms with Crippen LogP contribution in [0.5, 0.6) is 11.5 Å². The highest BCUT2D eigenvalue weighted by atomic mass is 35.5. The van der Waals surface area contributed by atoms with E-state index in [1.807, 2.05) is 6.07 Å². The molecule has 2 heterocycles. The number of phenols is 1. The normalized spacial score (nSPS) is 39.5. The SMILES string of the molecule is CCCCO[C@@]12CCC(=O)C3Oc4c(O)ccc5c4[C@@]31CC[N+]([O-])(CC1CC1)[C@@H]2C5.Cl. The topological polar surface area (TPSA) is 78.8 Å². The summed E-state index contributed by atoms with van der Waals surface area (Å²) in [6, 6.07) is 3.38. The van der Waals surface area contributed by atoms with Crippen molar-refractivity contribution in [1.29, 1.82) is 0 Å². The van der Waals surface area contributed by atoms with Crippen LogP contribution in [0.1, 0.15) is 63.0 Å². The number of piperidine rings is 1. The number of carbonyl (C=O) groups excluding carboxylic acids is 1. The van der Waals surface area contributed by atoms with Gasteiger partial charge in [0.2, 0.25) is 0 Å². The Morgan fingerprint density at radius 3 is 2.87 bits per heavy atom. The molecule has 6 rings (SSSR count). The molecule has 6 nitrogen and oxygen atoms in total. The number of ketones is 1. The lowest BCUT2D eigenvalue weighted by atomic mass is 9.48. The van der Waals surface area contributed by atoms with E-state index in [9.17, 15) is 15.1 Å². The number of hydrogen-bond donors (Lipinski definition) is 1. The fourth-order valence-corrected chi connectivity index (χ4v) is 7.20. The van der Waals surface area contributed by atoms with Crippen LogP contribution in [0.3, 0.4) is 0 Å². The molecule has 31 heavy (non-hydrogen) atoms. The molecule has 1 spiro atoms. The highest BCUT2D eigenvalue weighted by Gasteiger charge is 2.77. The zero-order valence-electron chi connectivity index (χ0n) is 18.1. The quantitative estimate of drug-likeness (QED) is 0.406. The summed E-state index contributed by atoms with van der Waals surface area (Å²) in [5.41, 5.74) is 0.694. The Kier molecular flexibility index (Phi) is 4.91. The third-order valence-corrected chi connectivity index (χ3v) is 8.67. The van der Waals surface area contributed by atoms with Gasteiger partial charge in [0.1, 0.15) is 11.6 Å². The van der Waals surface area contributed by atoms with Crippen LogP contribution in [0.2, 0.25) is 0 Å². The van der Waals surface area contributed by atoms with Gasteiger partial charge in [-0.2, -0.15) is 0 Å². The molecule has 1 N–H and O–H groups in total. The zero-order valence-corrected chi connectivity index (χ0v) is 18.9. The Balaban J connectivity index is 0.00000204. The second-order valence-corrected chi connectivity index (χ2v) is 10.2. The van der Waals surface area contributed by atoms with Crippen LogP contribution in [-0.2, 0) is 21.4 Å². The van der Waals surface area contributed by atoms with Gasteiger partial charge in [0, 0.05) is 37.4 Å². The summed E-state index contributed by atoms with van der Waals surface area (Å²) in [5.74, 6) is 1.17. The number of benzene rings is 1. The molecule has 5 aliphatic rings. The number of carbonyl (C=O) groups is 1. The molecule has 3 aliphatic carbocycles. The van der Waals surface area contributed by atoms with Crippen LogP contribution in [0.4, 0.5) is 0 Å². The number of Topliss-reactive ketones (excluding diaryl/α,β-unsaturated/α-hetero) is 1. The lowest BCUT2D eigenvalue weighted by molar-refractivity contribution is -0.924. The average Bonchev–Trinajstić information content (AvgIpc) is 3.45. The summed E-state index contributed by atoms with van der Waals surface area (Å²) in [4.78, 5) is 13.1. The van der Waals surface area contributed by atoms with Crippen molar-refractivity contribution in [3.63, 3.8) is 0 Å². The van der Waals surface area contributed by atoms with Crippen molar-refractivity contribution in [2.75, 3.05) is 19.7 Å². The van der Waals surface area contributed by atoms with Gasteiger partial charge in [-0.05, 0) is 37.3 Å². The third kappa shape index (κ3) is 2.65. The van der Waals surface area contributed by atoms with Gasteiger partial charge >= 0.3 is 0 Å². The van der Waals surface area contributed by atoms with Gasteiger partial charge in [0.25, 0.3) is 0 Å². The Labute approximate surface area is 189 Å². The van der Waals surface area contributed by atoms with Crippen molar-refractivity contribution < 1.29 is 24.0 Å². The molecule has 2 aliphatic heterocycles. The monoisotopic (exact) mass is 449 g/mol. The largest absolute Gasteiger partial charge is 0.632 e. The molecule has 0 radical (unpaired) electrons. The second-order valence-electron chi connectivity index (χ2n) is 10.2. The van der Waals surface area contributed by atoms with E-state index in [0.717, 1.165) is 36.8 Å². The number of likely N-dealkylation sites (tertiary alicyclic amines) is 1. The van der Waals surface area contributed by atoms with E-state index < -0.39 is 17.1 Å². The molecule has 170 valence electrons. The van der Waals surface area contributed by atoms with Crippen molar-refractivity contribution in [3.8, 4) is 11.5 Å². The summed E-state index contributed by atoms with van der Waals surface area (Å²) in [5, 5.41) is 24.9. The van der Waals surface area contributed by atoms with Gasteiger partial charge < -0.3 is 24.4 Å². The number of quaternary nitrogens is 1. The van der Waals surface area contributed by atoms with E-state index in [-0.39, 0.29) is 34.6 Å². The Morgan fingerprint density at radius 1 is 1.32 bits per heavy atom. The van der Waals surface area contributed by atoms with Crippen LogP contribution < -0.4 is 4.74 Å². The number of halogens is 1.